The summed E-state index contributed by atoms with van der Waals surface area (Å²) < 4.78 is 0. The van der Waals surface area contributed by atoms with Crippen LogP contribution in [-0.4, -0.2) is 47.1 Å². The molecule has 0 unspecified atom stereocenters. The predicted octanol–water partition coefficient (Wildman–Crippen LogP) is 2.66. The molecule has 2 aliphatic rings. The van der Waals surface area contributed by atoms with Crippen molar-refractivity contribution in [3.63, 3.8) is 0 Å². The van der Waals surface area contributed by atoms with Gasteiger partial charge in [-0.25, -0.2) is 4.98 Å². The van der Waals surface area contributed by atoms with E-state index in [-0.39, 0.29) is 11.8 Å². The summed E-state index contributed by atoms with van der Waals surface area (Å²) in [6.45, 7) is 0.621. The van der Waals surface area contributed by atoms with Crippen LogP contribution in [0.3, 0.4) is 0 Å². The molecule has 0 radical (unpaired) electrons. The van der Waals surface area contributed by atoms with Gasteiger partial charge >= 0.3 is 0 Å². The Labute approximate surface area is 159 Å². The minimum Gasteiger partial charge on any atom is -0.508 e. The number of aromatic nitrogens is 1. The van der Waals surface area contributed by atoms with Gasteiger partial charge < -0.3 is 15.7 Å². The maximum absolute atomic E-state index is 10.3. The normalized spacial score (nSPS) is 21.3. The van der Waals surface area contributed by atoms with Gasteiger partial charge in [-0.3, -0.25) is 4.90 Å². The fourth-order valence-electron chi connectivity index (χ4n) is 4.63. The molecule has 3 N–H and O–H groups in total. The number of likely N-dealkylation sites (N-methyl/N-ethyl adjacent to an activating group) is 1. The molecule has 2 aromatic rings. The lowest BCUT2D eigenvalue weighted by Crippen LogP contribution is -2.35. The average Bonchev–Trinajstić information content (AvgIpc) is 2.85. The summed E-state index contributed by atoms with van der Waals surface area (Å²) >= 11 is 0. The molecule has 1 saturated heterocycles. The molecule has 6 heteroatoms. The first-order valence-electron chi connectivity index (χ1n) is 9.32. The highest BCUT2D eigenvalue weighted by molar-refractivity contribution is 5.80. The summed E-state index contributed by atoms with van der Waals surface area (Å²) in [7, 11) is 6.09. The van der Waals surface area contributed by atoms with E-state index in [0.29, 0.717) is 24.0 Å². The van der Waals surface area contributed by atoms with E-state index >= 15 is 0 Å². The number of hydrogen-bond acceptors (Lipinski definition) is 6. The van der Waals surface area contributed by atoms with Crippen LogP contribution in [0.4, 0.5) is 5.82 Å². The number of phenols is 1. The molecule has 1 fully saturated rings. The number of nitriles is 1. The number of nitrogens with zero attached hydrogens (tertiary/aromatic N) is 4. The van der Waals surface area contributed by atoms with Gasteiger partial charge in [-0.15, -0.1) is 0 Å². The Kier molecular flexibility index (Phi) is 4.29. The summed E-state index contributed by atoms with van der Waals surface area (Å²) in [6, 6.07) is 8.61. The van der Waals surface area contributed by atoms with E-state index < -0.39 is 0 Å². The van der Waals surface area contributed by atoms with Gasteiger partial charge in [-0.1, -0.05) is 6.07 Å². The Hall–Kier alpha value is -2.62. The fourth-order valence-corrected chi connectivity index (χ4v) is 4.63. The molecule has 6 nitrogen and oxygen atoms in total. The van der Waals surface area contributed by atoms with Crippen molar-refractivity contribution in [1.29, 1.82) is 5.26 Å². The van der Waals surface area contributed by atoms with Crippen LogP contribution in [-0.2, 0) is 13.0 Å². The third-order valence-corrected chi connectivity index (χ3v) is 5.91. The van der Waals surface area contributed by atoms with Gasteiger partial charge in [-0.2, -0.15) is 5.26 Å². The molecule has 0 spiro atoms. The number of phenolic OH excluding ortho intramolecular Hbond substituents is 1. The largest absolute Gasteiger partial charge is 0.508 e. The second-order valence-electron chi connectivity index (χ2n) is 7.92. The second-order valence-corrected chi connectivity index (χ2v) is 7.92. The Morgan fingerprint density at radius 1 is 1.37 bits per heavy atom. The van der Waals surface area contributed by atoms with Crippen molar-refractivity contribution in [2.24, 2.45) is 0 Å². The molecule has 1 aromatic carbocycles. The van der Waals surface area contributed by atoms with Crippen LogP contribution in [0.5, 0.6) is 5.75 Å². The van der Waals surface area contributed by atoms with Gasteiger partial charge in [-0.05, 0) is 51.7 Å². The van der Waals surface area contributed by atoms with Gasteiger partial charge in [0.2, 0.25) is 0 Å². The quantitative estimate of drug-likeness (QED) is 0.871. The van der Waals surface area contributed by atoms with Crippen molar-refractivity contribution in [1.82, 2.24) is 14.8 Å². The third kappa shape index (κ3) is 2.84. The van der Waals surface area contributed by atoms with E-state index in [1.807, 2.05) is 31.1 Å². The van der Waals surface area contributed by atoms with Gasteiger partial charge in [0, 0.05) is 47.4 Å². The molecule has 27 heavy (non-hydrogen) atoms. The number of anilines is 1. The number of pyridine rings is 1. The zero-order valence-electron chi connectivity index (χ0n) is 16.0. The second kappa shape index (κ2) is 6.52. The van der Waals surface area contributed by atoms with Crippen LogP contribution in [0, 0.1) is 11.3 Å². The Morgan fingerprint density at radius 3 is 2.85 bits per heavy atom. The van der Waals surface area contributed by atoms with Crippen molar-refractivity contribution in [2.45, 2.75) is 37.9 Å². The minimum atomic E-state index is 0.264. The van der Waals surface area contributed by atoms with Gasteiger partial charge in [0.25, 0.3) is 0 Å². The maximum atomic E-state index is 10.3. The number of aromatic hydroxyl groups is 1. The predicted molar refractivity (Wildman–Crippen MR) is 105 cm³/mol. The summed E-state index contributed by atoms with van der Waals surface area (Å²) in [4.78, 5) is 9.02. The minimum absolute atomic E-state index is 0.264. The molecule has 140 valence electrons. The fraction of sp³-hybridized carbons (Fsp3) is 0.429. The van der Waals surface area contributed by atoms with E-state index in [2.05, 4.69) is 23.0 Å². The number of hydrogen-bond donors (Lipinski definition) is 2. The molecule has 0 amide bonds. The van der Waals surface area contributed by atoms with Crippen LogP contribution >= 0.6 is 0 Å². The zero-order chi connectivity index (χ0) is 19.3. The molecule has 0 saturated carbocycles. The SMILES string of the molecule is CN(C)Cc1cc(-c2c(C#N)c(N)nc3c2[C@@H]2CC[C@H](C3)N2C)ccc1O. The summed E-state index contributed by atoms with van der Waals surface area (Å²) in [5.74, 6) is 0.567. The summed E-state index contributed by atoms with van der Waals surface area (Å²) in [5.41, 5.74) is 11.4. The molecule has 2 atom stereocenters. The molecule has 0 aliphatic carbocycles. The van der Waals surface area contributed by atoms with Crippen molar-refractivity contribution in [3.8, 4) is 22.9 Å². The van der Waals surface area contributed by atoms with Crippen molar-refractivity contribution < 1.29 is 5.11 Å². The highest BCUT2D eigenvalue weighted by atomic mass is 16.3. The Morgan fingerprint density at radius 2 is 2.15 bits per heavy atom. The van der Waals surface area contributed by atoms with Crippen LogP contribution in [0.2, 0.25) is 0 Å². The molecular formula is C21H25N5O. The molecule has 4 rings (SSSR count). The first-order valence-corrected chi connectivity index (χ1v) is 9.32. The lowest BCUT2D eigenvalue weighted by atomic mass is 9.86. The topological polar surface area (TPSA) is 89.4 Å². The monoisotopic (exact) mass is 363 g/mol. The molecular weight excluding hydrogens is 338 g/mol. The zero-order valence-corrected chi connectivity index (χ0v) is 16.0. The lowest BCUT2D eigenvalue weighted by Gasteiger charge is -2.34. The first-order chi connectivity index (χ1) is 12.9. The van der Waals surface area contributed by atoms with E-state index in [1.165, 1.54) is 0 Å². The molecule has 3 heterocycles. The molecule has 1 aromatic heterocycles. The third-order valence-electron chi connectivity index (χ3n) is 5.91. The lowest BCUT2D eigenvalue weighted by molar-refractivity contribution is 0.222. The van der Waals surface area contributed by atoms with Crippen LogP contribution in [0.25, 0.3) is 11.1 Å². The smallest absolute Gasteiger partial charge is 0.142 e. The number of benzene rings is 1. The van der Waals surface area contributed by atoms with Gasteiger partial charge in [0.1, 0.15) is 23.2 Å². The highest BCUT2D eigenvalue weighted by Crippen LogP contribution is 2.48. The highest BCUT2D eigenvalue weighted by Gasteiger charge is 2.41. The number of rotatable bonds is 3. The van der Waals surface area contributed by atoms with E-state index in [9.17, 15) is 10.4 Å². The maximum Gasteiger partial charge on any atom is 0.142 e. The number of fused-ring (bicyclic) bond motifs is 4. The van der Waals surface area contributed by atoms with Crippen LogP contribution in [0.1, 0.15) is 41.3 Å². The number of nitrogens with two attached hydrogens (primary N) is 1. The van der Waals surface area contributed by atoms with E-state index in [1.54, 1.807) is 6.07 Å². The van der Waals surface area contributed by atoms with Gasteiger partial charge in [0.05, 0.1) is 0 Å². The van der Waals surface area contributed by atoms with E-state index in [4.69, 9.17) is 5.73 Å². The van der Waals surface area contributed by atoms with Crippen LogP contribution < -0.4 is 5.73 Å². The van der Waals surface area contributed by atoms with Gasteiger partial charge in [0.15, 0.2) is 0 Å². The molecule has 2 aliphatic heterocycles. The van der Waals surface area contributed by atoms with Crippen molar-refractivity contribution in [3.05, 3.63) is 40.6 Å². The van der Waals surface area contributed by atoms with E-state index in [0.717, 1.165) is 47.2 Å². The first kappa shape index (κ1) is 17.8. The average molecular weight is 363 g/mol. The van der Waals surface area contributed by atoms with Crippen molar-refractivity contribution >= 4 is 5.82 Å². The van der Waals surface area contributed by atoms with Crippen molar-refractivity contribution in [2.75, 3.05) is 26.9 Å². The molecule has 2 bridgehead atoms. The summed E-state index contributed by atoms with van der Waals surface area (Å²) in [5, 5.41) is 20.1. The number of nitrogen functional groups attached to an aromatic ring is 1. The Bertz CT molecular complexity index is 947. The Balaban J connectivity index is 1.96. The standard InChI is InChI=1S/C21H25N5O/c1-25(2)11-13-8-12(4-7-18(13)27)19-15(10-22)21(23)24-16-9-14-5-6-17(20(16)19)26(14)3/h4,7-8,14,17,27H,5-6,9,11H2,1-3H3,(H2,23,24)/t14-,17+/m1/s1. The van der Waals surface area contributed by atoms with Crippen LogP contribution in [0.15, 0.2) is 18.2 Å². The summed E-state index contributed by atoms with van der Waals surface area (Å²) in [6.07, 6.45) is 3.08.